The molecule has 1 heterocycles. The van der Waals surface area contributed by atoms with E-state index < -0.39 is 6.61 Å². The fourth-order valence-electron chi connectivity index (χ4n) is 2.67. The van der Waals surface area contributed by atoms with Gasteiger partial charge in [-0.3, -0.25) is 0 Å². The van der Waals surface area contributed by atoms with E-state index in [9.17, 15) is 13.6 Å². The second kappa shape index (κ2) is 7.21. The molecule has 130 valence electrons. The molecule has 25 heavy (non-hydrogen) atoms. The summed E-state index contributed by atoms with van der Waals surface area (Å²) in [7, 11) is 1.57. The van der Waals surface area contributed by atoms with E-state index >= 15 is 0 Å². The van der Waals surface area contributed by atoms with Gasteiger partial charge in [0, 0.05) is 12.6 Å². The maximum absolute atomic E-state index is 12.3. The quantitative estimate of drug-likeness (QED) is 0.919. The molecule has 0 aliphatic carbocycles. The molecule has 1 aliphatic heterocycles. The van der Waals surface area contributed by atoms with Crippen LogP contribution in [-0.2, 0) is 0 Å². The van der Waals surface area contributed by atoms with Gasteiger partial charge in [-0.15, -0.1) is 0 Å². The number of rotatable bonds is 4. The third kappa shape index (κ3) is 3.55. The highest BCUT2D eigenvalue weighted by molar-refractivity contribution is 5.88. The Morgan fingerprint density at radius 2 is 1.80 bits per heavy atom. The van der Waals surface area contributed by atoms with E-state index in [1.165, 1.54) is 12.1 Å². The fourth-order valence-corrected chi connectivity index (χ4v) is 2.67. The van der Waals surface area contributed by atoms with E-state index in [2.05, 4.69) is 10.1 Å². The van der Waals surface area contributed by atoms with Crippen LogP contribution >= 0.6 is 0 Å². The number of carbonyl (C=O) groups excluding carboxylic acids is 1. The van der Waals surface area contributed by atoms with Crippen molar-refractivity contribution < 1.29 is 18.3 Å². The number of hydrazine groups is 1. The molecular weight excluding hydrogens is 328 g/mol. The summed E-state index contributed by atoms with van der Waals surface area (Å²) in [4.78, 5) is 12.2. The normalized spacial score (nSPS) is 13.8. The molecular formula is C18H17F2N3O2. The number of anilines is 1. The van der Waals surface area contributed by atoms with E-state index in [-0.39, 0.29) is 11.8 Å². The minimum atomic E-state index is -2.86. The Balaban J connectivity index is 1.92. The van der Waals surface area contributed by atoms with Crippen molar-refractivity contribution in [1.82, 2.24) is 10.3 Å². The van der Waals surface area contributed by atoms with Crippen LogP contribution in [0.25, 0.3) is 5.70 Å². The summed E-state index contributed by atoms with van der Waals surface area (Å²) in [6.07, 6.45) is 1.91. The van der Waals surface area contributed by atoms with E-state index in [0.29, 0.717) is 6.54 Å². The van der Waals surface area contributed by atoms with Crippen molar-refractivity contribution in [3.63, 3.8) is 0 Å². The lowest BCUT2D eigenvalue weighted by molar-refractivity contribution is -0.0498. The van der Waals surface area contributed by atoms with E-state index in [4.69, 9.17) is 0 Å². The lowest BCUT2D eigenvalue weighted by Crippen LogP contribution is -2.46. The van der Waals surface area contributed by atoms with Crippen LogP contribution in [0, 0.1) is 0 Å². The molecule has 3 rings (SSSR count). The number of amides is 2. The van der Waals surface area contributed by atoms with Crippen molar-refractivity contribution >= 4 is 17.4 Å². The minimum Gasteiger partial charge on any atom is -0.435 e. The van der Waals surface area contributed by atoms with Crippen molar-refractivity contribution in [2.45, 2.75) is 6.61 Å². The molecule has 0 bridgehead atoms. The molecule has 0 atom stereocenters. The lowest BCUT2D eigenvalue weighted by Gasteiger charge is -2.32. The summed E-state index contributed by atoms with van der Waals surface area (Å²) in [5.74, 6) is 0.0896. The maximum atomic E-state index is 12.3. The Bertz CT molecular complexity index is 764. The van der Waals surface area contributed by atoms with Crippen LogP contribution < -0.4 is 15.1 Å². The van der Waals surface area contributed by atoms with Gasteiger partial charge >= 0.3 is 12.6 Å². The molecule has 7 heteroatoms. The number of urea groups is 1. The molecule has 0 saturated heterocycles. The lowest BCUT2D eigenvalue weighted by atomic mass is 10.1. The number of ether oxygens (including phenoxy) is 1. The molecule has 0 radical (unpaired) electrons. The second-order valence-corrected chi connectivity index (χ2v) is 5.28. The average molecular weight is 345 g/mol. The highest BCUT2D eigenvalue weighted by atomic mass is 19.3. The van der Waals surface area contributed by atoms with Gasteiger partial charge in [0.1, 0.15) is 5.75 Å². The van der Waals surface area contributed by atoms with Crippen LogP contribution in [0.2, 0.25) is 0 Å². The highest BCUT2D eigenvalue weighted by Crippen LogP contribution is 2.33. The summed E-state index contributed by atoms with van der Waals surface area (Å²) in [6.45, 7) is -2.46. The van der Waals surface area contributed by atoms with Crippen molar-refractivity contribution in [2.75, 3.05) is 18.6 Å². The summed E-state index contributed by atoms with van der Waals surface area (Å²) in [6, 6.07) is 15.5. The zero-order chi connectivity index (χ0) is 17.8. The number of para-hydroxylation sites is 1. The van der Waals surface area contributed by atoms with Crippen LogP contribution in [0.4, 0.5) is 19.3 Å². The molecule has 0 spiro atoms. The smallest absolute Gasteiger partial charge is 0.387 e. The molecule has 0 unspecified atom stereocenters. The monoisotopic (exact) mass is 345 g/mol. The number of nitrogens with one attached hydrogen (secondary N) is 1. The van der Waals surface area contributed by atoms with E-state index in [1.54, 1.807) is 29.2 Å². The Kier molecular flexibility index (Phi) is 4.83. The topological polar surface area (TPSA) is 44.8 Å². The second-order valence-electron chi connectivity index (χ2n) is 5.28. The summed E-state index contributed by atoms with van der Waals surface area (Å²) < 4.78 is 29.0. The number of carbonyl (C=O) groups is 1. The number of benzene rings is 2. The van der Waals surface area contributed by atoms with Gasteiger partial charge in [0.25, 0.3) is 0 Å². The number of alkyl halides is 2. The van der Waals surface area contributed by atoms with Gasteiger partial charge in [-0.1, -0.05) is 18.2 Å². The Hall–Kier alpha value is -3.09. The zero-order valence-electron chi connectivity index (χ0n) is 13.5. The molecule has 5 nitrogen and oxygen atoms in total. The summed E-state index contributed by atoms with van der Waals surface area (Å²) >= 11 is 0. The first-order chi connectivity index (χ1) is 12.1. The molecule has 1 aliphatic rings. The van der Waals surface area contributed by atoms with Crippen molar-refractivity contribution in [1.29, 1.82) is 0 Å². The van der Waals surface area contributed by atoms with Gasteiger partial charge in [0.15, 0.2) is 0 Å². The number of hydrogen-bond donors (Lipinski definition) is 1. The molecule has 0 saturated carbocycles. The van der Waals surface area contributed by atoms with Gasteiger partial charge < -0.3 is 10.1 Å². The number of hydrogen-bond acceptors (Lipinski definition) is 3. The van der Waals surface area contributed by atoms with Gasteiger partial charge in [0.2, 0.25) is 0 Å². The molecule has 0 fully saturated rings. The molecule has 0 aromatic heterocycles. The highest BCUT2D eigenvalue weighted by Gasteiger charge is 2.29. The first-order valence-electron chi connectivity index (χ1n) is 7.70. The van der Waals surface area contributed by atoms with Gasteiger partial charge in [0.05, 0.1) is 17.9 Å². The van der Waals surface area contributed by atoms with Gasteiger partial charge in [-0.05, 0) is 42.5 Å². The van der Waals surface area contributed by atoms with Crippen LogP contribution in [0.15, 0.2) is 60.7 Å². The first kappa shape index (κ1) is 16.8. The largest absolute Gasteiger partial charge is 0.435 e. The van der Waals surface area contributed by atoms with Crippen molar-refractivity contribution in [2.24, 2.45) is 0 Å². The Morgan fingerprint density at radius 1 is 1.12 bits per heavy atom. The maximum Gasteiger partial charge on any atom is 0.387 e. The average Bonchev–Trinajstić information content (AvgIpc) is 3.07. The molecule has 2 aromatic rings. The summed E-state index contributed by atoms with van der Waals surface area (Å²) in [5, 5.41) is 5.98. The Morgan fingerprint density at radius 3 is 2.40 bits per heavy atom. The fraction of sp³-hybridized carbons (Fsp3) is 0.167. The predicted molar refractivity (Wildman–Crippen MR) is 91.1 cm³/mol. The van der Waals surface area contributed by atoms with E-state index in [1.807, 2.05) is 36.4 Å². The molecule has 1 N–H and O–H groups in total. The first-order valence-corrected chi connectivity index (χ1v) is 7.70. The van der Waals surface area contributed by atoms with Gasteiger partial charge in [-0.25, -0.2) is 14.8 Å². The third-order valence-electron chi connectivity index (χ3n) is 3.75. The number of nitrogens with zero attached hydrogens (tertiary/aromatic N) is 2. The van der Waals surface area contributed by atoms with Crippen LogP contribution in [0.3, 0.4) is 0 Å². The SMILES string of the molecule is CNC(=O)N1CC=C(c2ccc(OC(F)F)cc2)N1c1ccccc1. The summed E-state index contributed by atoms with van der Waals surface area (Å²) in [5.41, 5.74) is 2.40. The Labute approximate surface area is 144 Å². The van der Waals surface area contributed by atoms with Crippen LogP contribution in [0.1, 0.15) is 5.56 Å². The zero-order valence-corrected chi connectivity index (χ0v) is 13.5. The van der Waals surface area contributed by atoms with Gasteiger partial charge in [-0.2, -0.15) is 8.78 Å². The van der Waals surface area contributed by atoms with Crippen molar-refractivity contribution in [3.05, 3.63) is 66.2 Å². The standard InChI is InChI=1S/C18H17F2N3O2/c1-21-18(24)22-12-11-16(23(22)14-5-3-2-4-6-14)13-7-9-15(10-8-13)25-17(19)20/h2-11,17H,12H2,1H3,(H,21,24). The minimum absolute atomic E-state index is 0.0896. The molecule has 2 aromatic carbocycles. The number of halogens is 2. The van der Waals surface area contributed by atoms with Crippen LogP contribution in [-0.4, -0.2) is 31.2 Å². The molecule has 2 amide bonds. The van der Waals surface area contributed by atoms with Crippen LogP contribution in [0.5, 0.6) is 5.75 Å². The predicted octanol–water partition coefficient (Wildman–Crippen LogP) is 3.71. The van der Waals surface area contributed by atoms with E-state index in [0.717, 1.165) is 16.9 Å². The van der Waals surface area contributed by atoms with Crippen molar-refractivity contribution in [3.8, 4) is 5.75 Å². The third-order valence-corrected chi connectivity index (χ3v) is 3.75.